The molecule has 2 fully saturated rings. The van der Waals surface area contributed by atoms with Crippen LogP contribution in [0.4, 0.5) is 0 Å². The van der Waals surface area contributed by atoms with Gasteiger partial charge in [-0.3, -0.25) is 9.59 Å². The first-order chi connectivity index (χ1) is 15.0. The van der Waals surface area contributed by atoms with Crippen LogP contribution in [0.2, 0.25) is 0 Å². The van der Waals surface area contributed by atoms with Crippen molar-refractivity contribution < 1.29 is 23.6 Å². The Bertz CT molecular complexity index is 934. The molecule has 1 amide bonds. The summed E-state index contributed by atoms with van der Waals surface area (Å²) in [6.45, 7) is 5.68. The van der Waals surface area contributed by atoms with Gasteiger partial charge in [-0.15, -0.1) is 0 Å². The van der Waals surface area contributed by atoms with Gasteiger partial charge in [-0.1, -0.05) is 28.9 Å². The monoisotopic (exact) mass is 426 g/mol. The summed E-state index contributed by atoms with van der Waals surface area (Å²) in [7, 11) is 0. The first-order valence-electron chi connectivity index (χ1n) is 11.1. The standard InChI is InChI=1S/C24H30N2O5/c1-3-29-23(28)24(10-6-11-26(16-24)22(27)21-9-5-12-30-21)15-19-14-20(25-31-19)18-8-4-7-17(2)13-18/h4,7-8,13-14,21H,3,5-6,9-12,15-16H2,1-2H3/t21-,24+/m1/s1. The van der Waals surface area contributed by atoms with E-state index in [1.807, 2.05) is 37.3 Å². The number of carbonyl (C=O) groups excluding carboxylic acids is 2. The molecule has 2 aliphatic rings. The number of hydrogen-bond acceptors (Lipinski definition) is 6. The zero-order valence-electron chi connectivity index (χ0n) is 18.3. The third-order valence-electron chi connectivity index (χ3n) is 6.19. The molecule has 31 heavy (non-hydrogen) atoms. The van der Waals surface area contributed by atoms with E-state index in [4.69, 9.17) is 14.0 Å². The lowest BCUT2D eigenvalue weighted by molar-refractivity contribution is -0.162. The smallest absolute Gasteiger partial charge is 0.314 e. The molecule has 0 radical (unpaired) electrons. The van der Waals surface area contributed by atoms with E-state index in [2.05, 4.69) is 5.16 Å². The first kappa shape index (κ1) is 21.6. The number of likely N-dealkylation sites (tertiary alicyclic amines) is 1. The number of benzene rings is 1. The van der Waals surface area contributed by atoms with E-state index in [9.17, 15) is 9.59 Å². The lowest BCUT2D eigenvalue weighted by Gasteiger charge is -2.41. The van der Waals surface area contributed by atoms with Gasteiger partial charge in [0.25, 0.3) is 5.91 Å². The SMILES string of the molecule is CCOC(=O)[C@]1(Cc2cc(-c3cccc(C)c3)no2)CCCN(C(=O)[C@H]2CCCO2)C1. The van der Waals surface area contributed by atoms with E-state index in [1.54, 1.807) is 11.8 Å². The van der Waals surface area contributed by atoms with Crippen LogP contribution >= 0.6 is 0 Å². The van der Waals surface area contributed by atoms with Crippen molar-refractivity contribution in [1.82, 2.24) is 10.1 Å². The Balaban J connectivity index is 1.56. The van der Waals surface area contributed by atoms with Crippen LogP contribution in [0.3, 0.4) is 0 Å². The Morgan fingerprint density at radius 3 is 2.90 bits per heavy atom. The number of hydrogen-bond donors (Lipinski definition) is 0. The van der Waals surface area contributed by atoms with Crippen molar-refractivity contribution in [2.24, 2.45) is 5.41 Å². The van der Waals surface area contributed by atoms with E-state index in [1.165, 1.54) is 0 Å². The molecule has 0 bridgehead atoms. The molecule has 0 aliphatic carbocycles. The highest BCUT2D eigenvalue weighted by Crippen LogP contribution is 2.37. The molecule has 2 atom stereocenters. The van der Waals surface area contributed by atoms with Gasteiger partial charge in [0.2, 0.25) is 0 Å². The molecule has 4 rings (SSSR count). The van der Waals surface area contributed by atoms with Gasteiger partial charge in [0, 0.05) is 37.7 Å². The number of esters is 1. The van der Waals surface area contributed by atoms with Crippen molar-refractivity contribution in [2.75, 3.05) is 26.3 Å². The molecular formula is C24H30N2O5. The number of ether oxygens (including phenoxy) is 2. The minimum Gasteiger partial charge on any atom is -0.466 e. The normalized spacial score (nSPS) is 23.7. The number of rotatable bonds is 6. The summed E-state index contributed by atoms with van der Waals surface area (Å²) in [6.07, 6.45) is 2.96. The fourth-order valence-electron chi connectivity index (χ4n) is 4.63. The van der Waals surface area contributed by atoms with E-state index in [0.29, 0.717) is 44.9 Å². The predicted molar refractivity (Wildman–Crippen MR) is 114 cm³/mol. The maximum atomic E-state index is 13.1. The van der Waals surface area contributed by atoms with Gasteiger partial charge in [0.15, 0.2) is 0 Å². The summed E-state index contributed by atoms with van der Waals surface area (Å²) in [5, 5.41) is 4.22. The molecule has 1 aromatic carbocycles. The van der Waals surface area contributed by atoms with Gasteiger partial charge < -0.3 is 18.9 Å². The summed E-state index contributed by atoms with van der Waals surface area (Å²) in [6, 6.07) is 9.93. The number of carbonyl (C=O) groups is 2. The number of amides is 1. The topological polar surface area (TPSA) is 81.9 Å². The molecule has 2 saturated heterocycles. The molecule has 7 nitrogen and oxygen atoms in total. The first-order valence-corrected chi connectivity index (χ1v) is 11.1. The molecule has 0 saturated carbocycles. The van der Waals surface area contributed by atoms with Crippen LogP contribution in [0.25, 0.3) is 11.3 Å². The Kier molecular flexibility index (Phi) is 6.41. The van der Waals surface area contributed by atoms with E-state index >= 15 is 0 Å². The molecule has 166 valence electrons. The predicted octanol–water partition coefficient (Wildman–Crippen LogP) is 3.54. The molecular weight excluding hydrogens is 396 g/mol. The van der Waals surface area contributed by atoms with Crippen LogP contribution in [0, 0.1) is 12.3 Å². The summed E-state index contributed by atoms with van der Waals surface area (Å²) in [4.78, 5) is 27.8. The number of piperidine rings is 1. The summed E-state index contributed by atoms with van der Waals surface area (Å²) >= 11 is 0. The number of aromatic nitrogens is 1. The Hall–Kier alpha value is -2.67. The van der Waals surface area contributed by atoms with Gasteiger partial charge >= 0.3 is 5.97 Å². The zero-order valence-corrected chi connectivity index (χ0v) is 18.3. The minimum atomic E-state index is -0.841. The van der Waals surface area contributed by atoms with Crippen LogP contribution in [0.1, 0.15) is 43.9 Å². The van der Waals surface area contributed by atoms with Crippen molar-refractivity contribution in [1.29, 1.82) is 0 Å². The van der Waals surface area contributed by atoms with Gasteiger partial charge in [-0.2, -0.15) is 0 Å². The van der Waals surface area contributed by atoms with Crippen molar-refractivity contribution in [3.05, 3.63) is 41.7 Å². The van der Waals surface area contributed by atoms with E-state index < -0.39 is 11.5 Å². The molecule has 2 aromatic rings. The van der Waals surface area contributed by atoms with E-state index in [0.717, 1.165) is 36.1 Å². The number of nitrogens with zero attached hydrogens (tertiary/aromatic N) is 2. The lowest BCUT2D eigenvalue weighted by atomic mass is 9.76. The van der Waals surface area contributed by atoms with Crippen LogP contribution in [-0.4, -0.2) is 54.3 Å². The summed E-state index contributed by atoms with van der Waals surface area (Å²) in [5.74, 6) is 0.313. The fraction of sp³-hybridized carbons (Fsp3) is 0.542. The third-order valence-corrected chi connectivity index (χ3v) is 6.19. The second-order valence-corrected chi connectivity index (χ2v) is 8.59. The molecule has 0 spiro atoms. The van der Waals surface area contributed by atoms with Gasteiger partial charge in [0.1, 0.15) is 17.6 Å². The maximum Gasteiger partial charge on any atom is 0.314 e. The second kappa shape index (κ2) is 9.22. The Morgan fingerprint density at radius 1 is 1.29 bits per heavy atom. The van der Waals surface area contributed by atoms with Crippen molar-refractivity contribution in [2.45, 2.75) is 52.1 Å². The second-order valence-electron chi connectivity index (χ2n) is 8.59. The van der Waals surface area contributed by atoms with Crippen LogP contribution in [0.15, 0.2) is 34.9 Å². The zero-order chi connectivity index (χ0) is 21.8. The van der Waals surface area contributed by atoms with E-state index in [-0.39, 0.29) is 11.9 Å². The highest BCUT2D eigenvalue weighted by Gasteiger charge is 2.46. The lowest BCUT2D eigenvalue weighted by Crippen LogP contribution is -2.53. The average Bonchev–Trinajstić information content (AvgIpc) is 3.46. The average molecular weight is 427 g/mol. The van der Waals surface area contributed by atoms with Crippen molar-refractivity contribution in [3.63, 3.8) is 0 Å². The molecule has 2 aliphatic heterocycles. The number of aryl methyl sites for hydroxylation is 1. The minimum absolute atomic E-state index is 0.0242. The van der Waals surface area contributed by atoms with Crippen LogP contribution < -0.4 is 0 Å². The Morgan fingerprint density at radius 2 is 2.16 bits per heavy atom. The fourth-order valence-corrected chi connectivity index (χ4v) is 4.63. The molecule has 0 N–H and O–H groups in total. The third kappa shape index (κ3) is 4.66. The largest absolute Gasteiger partial charge is 0.466 e. The van der Waals surface area contributed by atoms with Gasteiger partial charge in [0.05, 0.1) is 12.0 Å². The Labute approximate surface area is 182 Å². The highest BCUT2D eigenvalue weighted by molar-refractivity contribution is 5.83. The van der Waals surface area contributed by atoms with Crippen LogP contribution in [-0.2, 0) is 25.5 Å². The van der Waals surface area contributed by atoms with Crippen molar-refractivity contribution in [3.8, 4) is 11.3 Å². The highest BCUT2D eigenvalue weighted by atomic mass is 16.5. The molecule has 3 heterocycles. The molecule has 0 unspecified atom stereocenters. The van der Waals surface area contributed by atoms with Gasteiger partial charge in [-0.25, -0.2) is 0 Å². The maximum absolute atomic E-state index is 13.1. The summed E-state index contributed by atoms with van der Waals surface area (Å²) in [5.41, 5.74) is 2.01. The molecule has 1 aromatic heterocycles. The quantitative estimate of drug-likeness (QED) is 0.657. The van der Waals surface area contributed by atoms with Crippen molar-refractivity contribution >= 4 is 11.9 Å². The summed E-state index contributed by atoms with van der Waals surface area (Å²) < 4.78 is 16.7. The molecule has 7 heteroatoms. The van der Waals surface area contributed by atoms with Gasteiger partial charge in [-0.05, 0) is 45.6 Å². The van der Waals surface area contributed by atoms with Crippen LogP contribution in [0.5, 0.6) is 0 Å².